The van der Waals surface area contributed by atoms with Gasteiger partial charge in [-0.1, -0.05) is 6.42 Å². The summed E-state index contributed by atoms with van der Waals surface area (Å²) < 4.78 is 5.52. The van der Waals surface area contributed by atoms with Gasteiger partial charge in [-0.3, -0.25) is 9.69 Å². The highest BCUT2D eigenvalue weighted by Gasteiger charge is 2.40. The molecule has 1 saturated heterocycles. The molecule has 1 aliphatic heterocycles. The van der Waals surface area contributed by atoms with Crippen molar-refractivity contribution in [3.05, 3.63) is 0 Å². The van der Waals surface area contributed by atoms with E-state index in [0.29, 0.717) is 12.1 Å². The van der Waals surface area contributed by atoms with Crippen LogP contribution in [0.4, 0.5) is 0 Å². The zero-order valence-corrected chi connectivity index (χ0v) is 9.89. The largest absolute Gasteiger partial charge is 0.480 e. The number of rotatable bonds is 4. The zero-order valence-electron chi connectivity index (χ0n) is 9.89. The van der Waals surface area contributed by atoms with Crippen LogP contribution in [0.1, 0.15) is 39.0 Å². The van der Waals surface area contributed by atoms with Crippen molar-refractivity contribution in [1.82, 2.24) is 4.90 Å². The minimum Gasteiger partial charge on any atom is -0.480 e. The molecule has 2 rings (SSSR count). The lowest BCUT2D eigenvalue weighted by Gasteiger charge is -2.46. The minimum atomic E-state index is -0.653. The van der Waals surface area contributed by atoms with E-state index in [1.165, 1.54) is 0 Å². The topological polar surface area (TPSA) is 49.8 Å². The third kappa shape index (κ3) is 2.38. The molecule has 1 aliphatic carbocycles. The fourth-order valence-corrected chi connectivity index (χ4v) is 2.84. The maximum atomic E-state index is 11.1. The molecule has 1 saturated carbocycles. The smallest absolute Gasteiger partial charge is 0.320 e. The molecule has 1 atom stereocenters. The lowest BCUT2D eigenvalue weighted by molar-refractivity contribution is -0.149. The molecule has 92 valence electrons. The minimum absolute atomic E-state index is 0.249. The van der Waals surface area contributed by atoms with Gasteiger partial charge in [0.05, 0.1) is 6.10 Å². The number of carbonyl (C=O) groups is 1. The van der Waals surface area contributed by atoms with Crippen molar-refractivity contribution in [3.8, 4) is 0 Å². The monoisotopic (exact) mass is 227 g/mol. The first-order valence-electron chi connectivity index (χ1n) is 6.32. The Morgan fingerprint density at radius 3 is 2.81 bits per heavy atom. The lowest BCUT2D eigenvalue weighted by Crippen LogP contribution is -2.56. The van der Waals surface area contributed by atoms with E-state index in [1.807, 2.05) is 6.92 Å². The van der Waals surface area contributed by atoms with Crippen LogP contribution in [-0.4, -0.2) is 47.3 Å². The number of carboxylic acid groups (broad SMARTS) is 1. The van der Waals surface area contributed by atoms with Crippen LogP contribution in [0.25, 0.3) is 0 Å². The number of ether oxygens (including phenoxy) is 1. The van der Waals surface area contributed by atoms with E-state index in [0.717, 1.165) is 45.3 Å². The van der Waals surface area contributed by atoms with Crippen molar-refractivity contribution < 1.29 is 14.6 Å². The number of nitrogens with zero attached hydrogens (tertiary/aromatic N) is 1. The summed E-state index contributed by atoms with van der Waals surface area (Å²) in [5.41, 5.74) is 0. The van der Waals surface area contributed by atoms with Crippen LogP contribution < -0.4 is 0 Å². The molecule has 1 heterocycles. The van der Waals surface area contributed by atoms with Crippen molar-refractivity contribution in [2.24, 2.45) is 0 Å². The Morgan fingerprint density at radius 1 is 1.44 bits per heavy atom. The Kier molecular flexibility index (Phi) is 3.82. The third-order valence-electron chi connectivity index (χ3n) is 3.77. The molecular formula is C12H21NO3. The Hall–Kier alpha value is -0.610. The first-order valence-corrected chi connectivity index (χ1v) is 6.32. The first-order chi connectivity index (χ1) is 7.72. The summed E-state index contributed by atoms with van der Waals surface area (Å²) in [6.45, 7) is 3.72. The quantitative estimate of drug-likeness (QED) is 0.790. The van der Waals surface area contributed by atoms with Gasteiger partial charge in [0, 0.05) is 12.6 Å². The van der Waals surface area contributed by atoms with Gasteiger partial charge >= 0.3 is 5.97 Å². The molecule has 0 aromatic heterocycles. The van der Waals surface area contributed by atoms with E-state index in [-0.39, 0.29) is 6.04 Å². The van der Waals surface area contributed by atoms with E-state index in [9.17, 15) is 9.90 Å². The Labute approximate surface area is 96.6 Å². The average Bonchev–Trinajstić information content (AvgIpc) is 2.23. The Morgan fingerprint density at radius 2 is 2.19 bits per heavy atom. The summed E-state index contributed by atoms with van der Waals surface area (Å²) in [7, 11) is 0. The van der Waals surface area contributed by atoms with E-state index in [4.69, 9.17) is 4.74 Å². The number of hydrogen-bond acceptors (Lipinski definition) is 3. The highest BCUT2D eigenvalue weighted by molar-refractivity contribution is 5.73. The van der Waals surface area contributed by atoms with Crippen LogP contribution in [-0.2, 0) is 9.53 Å². The molecule has 0 amide bonds. The molecule has 0 aromatic carbocycles. The second-order valence-electron chi connectivity index (χ2n) is 4.79. The summed E-state index contributed by atoms with van der Waals surface area (Å²) in [5.74, 6) is -0.653. The molecule has 1 N–H and O–H groups in total. The molecule has 0 bridgehead atoms. The lowest BCUT2D eigenvalue weighted by atomic mass is 9.85. The van der Waals surface area contributed by atoms with Crippen LogP contribution in [0, 0.1) is 0 Å². The van der Waals surface area contributed by atoms with Crippen LogP contribution >= 0.6 is 0 Å². The highest BCUT2D eigenvalue weighted by atomic mass is 16.5. The number of likely N-dealkylation sites (tertiary alicyclic amines) is 1. The van der Waals surface area contributed by atoms with Gasteiger partial charge in [0.25, 0.3) is 0 Å². The maximum Gasteiger partial charge on any atom is 0.320 e. The fourth-order valence-electron chi connectivity index (χ4n) is 2.84. The molecule has 2 fully saturated rings. The van der Waals surface area contributed by atoms with Gasteiger partial charge in [-0.05, 0) is 39.2 Å². The normalized spacial score (nSPS) is 35.7. The number of carboxylic acids is 1. The number of piperidine rings is 1. The highest BCUT2D eigenvalue weighted by Crippen LogP contribution is 2.32. The van der Waals surface area contributed by atoms with Crippen LogP contribution in [0.15, 0.2) is 0 Å². The van der Waals surface area contributed by atoms with E-state index in [1.54, 1.807) is 0 Å². The summed E-state index contributed by atoms with van der Waals surface area (Å²) in [4.78, 5) is 13.3. The van der Waals surface area contributed by atoms with Crippen molar-refractivity contribution in [2.75, 3.05) is 13.2 Å². The number of aliphatic carboxylic acids is 1. The molecule has 16 heavy (non-hydrogen) atoms. The fraction of sp³-hybridized carbons (Fsp3) is 0.917. The van der Waals surface area contributed by atoms with Crippen LogP contribution in [0.2, 0.25) is 0 Å². The Balaban J connectivity index is 1.86. The van der Waals surface area contributed by atoms with Gasteiger partial charge in [0.15, 0.2) is 0 Å². The summed E-state index contributed by atoms with van der Waals surface area (Å²) in [6.07, 6.45) is 5.39. The molecule has 4 nitrogen and oxygen atoms in total. The predicted octanol–water partition coefficient (Wildman–Crippen LogP) is 1.49. The molecular weight excluding hydrogens is 206 g/mol. The predicted molar refractivity (Wildman–Crippen MR) is 60.4 cm³/mol. The van der Waals surface area contributed by atoms with E-state index < -0.39 is 5.97 Å². The molecule has 0 radical (unpaired) electrons. The maximum absolute atomic E-state index is 11.1. The second kappa shape index (κ2) is 5.15. The molecule has 2 aliphatic rings. The summed E-state index contributed by atoms with van der Waals surface area (Å²) in [5, 5.41) is 9.17. The summed E-state index contributed by atoms with van der Waals surface area (Å²) in [6, 6.07) is 0.194. The molecule has 0 spiro atoms. The van der Waals surface area contributed by atoms with Crippen LogP contribution in [0.3, 0.4) is 0 Å². The SMILES string of the molecule is CCOC1CC(N2CCCCC2C(=O)O)C1. The Bertz CT molecular complexity index is 251. The van der Waals surface area contributed by atoms with Crippen molar-refractivity contribution in [1.29, 1.82) is 0 Å². The molecule has 1 unspecified atom stereocenters. The number of hydrogen-bond donors (Lipinski definition) is 1. The average molecular weight is 227 g/mol. The van der Waals surface area contributed by atoms with Gasteiger partial charge in [-0.15, -0.1) is 0 Å². The van der Waals surface area contributed by atoms with Gasteiger partial charge < -0.3 is 9.84 Å². The second-order valence-corrected chi connectivity index (χ2v) is 4.79. The van der Waals surface area contributed by atoms with Gasteiger partial charge in [-0.2, -0.15) is 0 Å². The van der Waals surface area contributed by atoms with Gasteiger partial charge in [-0.25, -0.2) is 0 Å². The van der Waals surface area contributed by atoms with Crippen molar-refractivity contribution >= 4 is 5.97 Å². The van der Waals surface area contributed by atoms with Gasteiger partial charge in [0.2, 0.25) is 0 Å². The van der Waals surface area contributed by atoms with Crippen molar-refractivity contribution in [2.45, 2.75) is 57.2 Å². The zero-order chi connectivity index (χ0) is 11.5. The summed E-state index contributed by atoms with van der Waals surface area (Å²) >= 11 is 0. The van der Waals surface area contributed by atoms with Crippen molar-refractivity contribution in [3.63, 3.8) is 0 Å². The molecule has 4 heteroatoms. The molecule has 0 aromatic rings. The third-order valence-corrected chi connectivity index (χ3v) is 3.77. The van der Waals surface area contributed by atoms with Gasteiger partial charge in [0.1, 0.15) is 6.04 Å². The van der Waals surface area contributed by atoms with E-state index in [2.05, 4.69) is 4.90 Å². The van der Waals surface area contributed by atoms with E-state index >= 15 is 0 Å². The van der Waals surface area contributed by atoms with Crippen LogP contribution in [0.5, 0.6) is 0 Å². The standard InChI is InChI=1S/C12H21NO3/c1-2-16-10-7-9(8-10)13-6-4-3-5-11(13)12(14)15/h9-11H,2-8H2,1H3,(H,14,15). The first kappa shape index (κ1) is 11.9.